The van der Waals surface area contributed by atoms with E-state index in [1.165, 1.54) is 31.5 Å². The van der Waals surface area contributed by atoms with Crippen LogP contribution in [0.25, 0.3) is 0 Å². The summed E-state index contributed by atoms with van der Waals surface area (Å²) in [6.45, 7) is 4.76. The lowest BCUT2D eigenvalue weighted by atomic mass is 9.83. The summed E-state index contributed by atoms with van der Waals surface area (Å²) in [6, 6.07) is 15.4. The van der Waals surface area contributed by atoms with Crippen LogP contribution in [-0.4, -0.2) is 36.9 Å². The van der Waals surface area contributed by atoms with E-state index < -0.39 is 0 Å². The van der Waals surface area contributed by atoms with Gasteiger partial charge in [-0.3, -0.25) is 9.59 Å². The SMILES string of the molecule is C[C@@H]1CN(C)CC[C@H]1CCc1ccc(NC(=O)C[C@@H]2NC(=O)c3ccccc32)cc1. The van der Waals surface area contributed by atoms with Crippen molar-refractivity contribution in [3.05, 3.63) is 65.2 Å². The predicted octanol–water partition coefficient (Wildman–Crippen LogP) is 4.02. The van der Waals surface area contributed by atoms with E-state index in [1.807, 2.05) is 30.3 Å². The number of hydrogen-bond acceptors (Lipinski definition) is 3. The molecule has 2 N–H and O–H groups in total. The highest BCUT2D eigenvalue weighted by atomic mass is 16.2. The highest BCUT2D eigenvalue weighted by Gasteiger charge is 2.29. The molecule has 2 aliphatic rings. The maximum absolute atomic E-state index is 12.5. The topological polar surface area (TPSA) is 61.4 Å². The maximum Gasteiger partial charge on any atom is 0.252 e. The second kappa shape index (κ2) is 9.00. The van der Waals surface area contributed by atoms with Crippen LogP contribution in [0, 0.1) is 11.8 Å². The van der Waals surface area contributed by atoms with Gasteiger partial charge in [0.05, 0.1) is 12.5 Å². The number of nitrogens with zero attached hydrogens (tertiary/aromatic N) is 1. The molecule has 0 bridgehead atoms. The molecule has 2 heterocycles. The van der Waals surface area contributed by atoms with Gasteiger partial charge in [-0.15, -0.1) is 0 Å². The number of hydrogen-bond donors (Lipinski definition) is 2. The van der Waals surface area contributed by atoms with Crippen LogP contribution in [0.15, 0.2) is 48.5 Å². The molecule has 2 aromatic rings. The van der Waals surface area contributed by atoms with Gasteiger partial charge in [0.25, 0.3) is 5.91 Å². The number of carbonyl (C=O) groups is 2. The van der Waals surface area contributed by atoms with Gasteiger partial charge in [-0.25, -0.2) is 0 Å². The van der Waals surface area contributed by atoms with Gasteiger partial charge in [0.15, 0.2) is 0 Å². The molecule has 158 valence electrons. The molecule has 0 aromatic heterocycles. The lowest BCUT2D eigenvalue weighted by Crippen LogP contribution is -2.36. The molecule has 0 spiro atoms. The maximum atomic E-state index is 12.5. The number of nitrogens with one attached hydrogen (secondary N) is 2. The third-order valence-electron chi connectivity index (χ3n) is 6.60. The summed E-state index contributed by atoms with van der Waals surface area (Å²) >= 11 is 0. The third kappa shape index (κ3) is 4.73. The summed E-state index contributed by atoms with van der Waals surface area (Å²) in [6.07, 6.45) is 3.82. The van der Waals surface area contributed by atoms with E-state index in [0.29, 0.717) is 5.56 Å². The van der Waals surface area contributed by atoms with Crippen molar-refractivity contribution in [1.29, 1.82) is 0 Å². The van der Waals surface area contributed by atoms with Crippen LogP contribution in [0.4, 0.5) is 5.69 Å². The number of fused-ring (bicyclic) bond motifs is 1. The Morgan fingerprint density at radius 2 is 1.93 bits per heavy atom. The van der Waals surface area contributed by atoms with Gasteiger partial charge in [-0.05, 0) is 74.0 Å². The fourth-order valence-electron chi connectivity index (χ4n) is 4.82. The minimum Gasteiger partial charge on any atom is -0.345 e. The molecule has 2 amide bonds. The number of amides is 2. The Hall–Kier alpha value is -2.66. The molecule has 2 aromatic carbocycles. The van der Waals surface area contributed by atoms with E-state index in [4.69, 9.17) is 0 Å². The van der Waals surface area contributed by atoms with Crippen LogP contribution in [0.2, 0.25) is 0 Å². The van der Waals surface area contributed by atoms with Crippen molar-refractivity contribution in [2.24, 2.45) is 11.8 Å². The van der Waals surface area contributed by atoms with Gasteiger partial charge < -0.3 is 15.5 Å². The molecule has 1 fully saturated rings. The Morgan fingerprint density at radius 3 is 2.70 bits per heavy atom. The van der Waals surface area contributed by atoms with Crippen LogP contribution in [0.5, 0.6) is 0 Å². The number of piperidine rings is 1. The number of benzene rings is 2. The molecule has 5 heteroatoms. The first-order valence-corrected chi connectivity index (χ1v) is 11.0. The predicted molar refractivity (Wildman–Crippen MR) is 119 cm³/mol. The van der Waals surface area contributed by atoms with E-state index in [-0.39, 0.29) is 24.3 Å². The minimum atomic E-state index is -0.260. The molecular formula is C25H31N3O2. The first kappa shape index (κ1) is 20.6. The van der Waals surface area contributed by atoms with E-state index in [0.717, 1.165) is 29.5 Å². The standard InChI is InChI=1S/C25H31N3O2/c1-17-16-28(2)14-13-19(17)10-7-18-8-11-20(12-9-18)26-24(29)15-23-21-5-3-4-6-22(21)25(30)27-23/h3-6,8-9,11-12,17,19,23H,7,10,13-16H2,1-2H3,(H,26,29)(H,27,30)/t17-,19-,23+/m1/s1. The summed E-state index contributed by atoms with van der Waals surface area (Å²) < 4.78 is 0. The molecule has 5 nitrogen and oxygen atoms in total. The Balaban J connectivity index is 1.27. The van der Waals surface area contributed by atoms with Crippen LogP contribution in [-0.2, 0) is 11.2 Å². The molecule has 1 saturated heterocycles. The molecule has 30 heavy (non-hydrogen) atoms. The van der Waals surface area contributed by atoms with Crippen molar-refractivity contribution in [2.45, 2.75) is 38.6 Å². The van der Waals surface area contributed by atoms with Gasteiger partial charge in [-0.1, -0.05) is 37.3 Å². The molecule has 0 aliphatic carbocycles. The van der Waals surface area contributed by atoms with Gasteiger partial charge in [0.1, 0.15) is 0 Å². The van der Waals surface area contributed by atoms with Crippen molar-refractivity contribution in [3.8, 4) is 0 Å². The summed E-state index contributed by atoms with van der Waals surface area (Å²) in [7, 11) is 2.21. The number of aryl methyl sites for hydroxylation is 1. The van der Waals surface area contributed by atoms with Crippen molar-refractivity contribution >= 4 is 17.5 Å². The van der Waals surface area contributed by atoms with Gasteiger partial charge in [-0.2, -0.15) is 0 Å². The van der Waals surface area contributed by atoms with Crippen molar-refractivity contribution in [1.82, 2.24) is 10.2 Å². The zero-order valence-corrected chi connectivity index (χ0v) is 17.9. The van der Waals surface area contributed by atoms with Crippen LogP contribution >= 0.6 is 0 Å². The fraction of sp³-hybridized carbons (Fsp3) is 0.440. The quantitative estimate of drug-likeness (QED) is 0.763. The average Bonchev–Trinajstić information content (AvgIpc) is 3.04. The Bertz CT molecular complexity index is 909. The van der Waals surface area contributed by atoms with Gasteiger partial charge in [0.2, 0.25) is 5.91 Å². The van der Waals surface area contributed by atoms with Crippen LogP contribution in [0.3, 0.4) is 0 Å². The Kier molecular flexibility index (Phi) is 6.18. The largest absolute Gasteiger partial charge is 0.345 e. The summed E-state index contributed by atoms with van der Waals surface area (Å²) in [5.74, 6) is 1.35. The molecule has 4 rings (SSSR count). The number of anilines is 1. The van der Waals surface area contributed by atoms with E-state index in [9.17, 15) is 9.59 Å². The van der Waals surface area contributed by atoms with E-state index >= 15 is 0 Å². The van der Waals surface area contributed by atoms with Crippen molar-refractivity contribution < 1.29 is 9.59 Å². The lowest BCUT2D eigenvalue weighted by Gasteiger charge is -2.34. The molecular weight excluding hydrogens is 374 g/mol. The molecule has 0 radical (unpaired) electrons. The molecule has 2 aliphatic heterocycles. The highest BCUT2D eigenvalue weighted by Crippen LogP contribution is 2.29. The average molecular weight is 406 g/mol. The van der Waals surface area contributed by atoms with Crippen LogP contribution in [0.1, 0.15) is 53.7 Å². The smallest absolute Gasteiger partial charge is 0.252 e. The molecule has 3 atom stereocenters. The van der Waals surface area contributed by atoms with Gasteiger partial charge in [0, 0.05) is 17.8 Å². The zero-order valence-electron chi connectivity index (χ0n) is 17.9. The normalized spacial score (nSPS) is 23.7. The lowest BCUT2D eigenvalue weighted by molar-refractivity contribution is -0.116. The summed E-state index contributed by atoms with van der Waals surface area (Å²) in [4.78, 5) is 26.9. The second-order valence-corrected chi connectivity index (χ2v) is 8.89. The second-order valence-electron chi connectivity index (χ2n) is 8.89. The van der Waals surface area contributed by atoms with E-state index in [2.05, 4.69) is 41.6 Å². The van der Waals surface area contributed by atoms with Crippen LogP contribution < -0.4 is 10.6 Å². The summed E-state index contributed by atoms with van der Waals surface area (Å²) in [5.41, 5.74) is 3.68. The first-order valence-electron chi connectivity index (χ1n) is 11.0. The monoisotopic (exact) mass is 405 g/mol. The van der Waals surface area contributed by atoms with Crippen molar-refractivity contribution in [3.63, 3.8) is 0 Å². The molecule has 0 unspecified atom stereocenters. The first-order chi connectivity index (χ1) is 14.5. The Morgan fingerprint density at radius 1 is 1.17 bits per heavy atom. The summed E-state index contributed by atoms with van der Waals surface area (Å²) in [5, 5.41) is 5.86. The zero-order chi connectivity index (χ0) is 21.1. The number of likely N-dealkylation sites (tertiary alicyclic amines) is 1. The number of rotatable bonds is 6. The van der Waals surface area contributed by atoms with E-state index in [1.54, 1.807) is 6.07 Å². The third-order valence-corrected chi connectivity index (χ3v) is 6.60. The Labute approximate surface area is 178 Å². The molecule has 0 saturated carbocycles. The fourth-order valence-corrected chi connectivity index (χ4v) is 4.82. The minimum absolute atomic E-state index is 0.0927. The van der Waals surface area contributed by atoms with Crippen molar-refractivity contribution in [2.75, 3.05) is 25.5 Å². The number of carbonyl (C=O) groups excluding carboxylic acids is 2. The highest BCUT2D eigenvalue weighted by molar-refractivity contribution is 6.00. The van der Waals surface area contributed by atoms with Gasteiger partial charge >= 0.3 is 0 Å².